The first-order valence-electron chi connectivity index (χ1n) is 10.3. The molecule has 150 valence electrons. The van der Waals surface area contributed by atoms with Crippen LogP contribution in [0.1, 0.15) is 47.9 Å². The first-order chi connectivity index (χ1) is 13.7. The summed E-state index contributed by atoms with van der Waals surface area (Å²) in [7, 11) is 0. The van der Waals surface area contributed by atoms with Crippen molar-refractivity contribution < 1.29 is 4.79 Å². The Balaban J connectivity index is 1.55. The smallest absolute Gasteiger partial charge is 0.272 e. The fraction of sp³-hybridized carbons (Fsp3) is 0.500. The standard InChI is InChI=1S/C22H31N5O/c1-3-4-8-11-23-22-24-18(2)16-20(25-22)21(28)27-14-12-26(13-15-27)17-19-9-6-5-7-10-19/h5-7,9-10,16H,3-4,8,11-15,17H2,1-2H3,(H,23,24,25). The third-order valence-corrected chi connectivity index (χ3v) is 5.05. The van der Waals surface area contributed by atoms with Crippen molar-refractivity contribution in [3.8, 4) is 0 Å². The Hall–Kier alpha value is -2.47. The first-order valence-corrected chi connectivity index (χ1v) is 10.3. The maximum absolute atomic E-state index is 12.9. The quantitative estimate of drug-likeness (QED) is 0.711. The van der Waals surface area contributed by atoms with E-state index in [-0.39, 0.29) is 5.91 Å². The van der Waals surface area contributed by atoms with Gasteiger partial charge in [0.2, 0.25) is 5.95 Å². The number of aromatic nitrogens is 2. The average molecular weight is 382 g/mol. The van der Waals surface area contributed by atoms with Gasteiger partial charge >= 0.3 is 0 Å². The average Bonchev–Trinajstić information content (AvgIpc) is 2.72. The highest BCUT2D eigenvalue weighted by atomic mass is 16.2. The van der Waals surface area contributed by atoms with Crippen molar-refractivity contribution in [1.82, 2.24) is 19.8 Å². The Kier molecular flexibility index (Phi) is 7.37. The molecule has 0 radical (unpaired) electrons. The normalized spacial score (nSPS) is 14.9. The van der Waals surface area contributed by atoms with Gasteiger partial charge in [0.1, 0.15) is 5.69 Å². The number of nitrogens with one attached hydrogen (secondary N) is 1. The third kappa shape index (κ3) is 5.76. The molecular formula is C22H31N5O. The van der Waals surface area contributed by atoms with Crippen LogP contribution in [0.3, 0.4) is 0 Å². The lowest BCUT2D eigenvalue weighted by molar-refractivity contribution is 0.0622. The highest BCUT2D eigenvalue weighted by Gasteiger charge is 2.23. The lowest BCUT2D eigenvalue weighted by Crippen LogP contribution is -2.48. The van der Waals surface area contributed by atoms with Gasteiger partial charge in [-0.3, -0.25) is 9.69 Å². The predicted molar refractivity (Wildman–Crippen MR) is 112 cm³/mol. The molecule has 0 atom stereocenters. The molecule has 1 aromatic carbocycles. The minimum absolute atomic E-state index is 0.00136. The number of carbonyl (C=O) groups excluding carboxylic acids is 1. The van der Waals surface area contributed by atoms with E-state index in [0.29, 0.717) is 11.6 Å². The second-order valence-corrected chi connectivity index (χ2v) is 7.41. The molecular weight excluding hydrogens is 350 g/mol. The molecule has 1 fully saturated rings. The summed E-state index contributed by atoms with van der Waals surface area (Å²) in [6.07, 6.45) is 3.44. The lowest BCUT2D eigenvalue weighted by Gasteiger charge is -2.34. The van der Waals surface area contributed by atoms with Crippen LogP contribution in [-0.4, -0.2) is 58.4 Å². The molecule has 1 aliphatic rings. The summed E-state index contributed by atoms with van der Waals surface area (Å²) in [5, 5.41) is 3.25. The van der Waals surface area contributed by atoms with Gasteiger partial charge in [0.25, 0.3) is 5.91 Å². The van der Waals surface area contributed by atoms with Crippen LogP contribution < -0.4 is 5.32 Å². The summed E-state index contributed by atoms with van der Waals surface area (Å²) in [6.45, 7) is 9.08. The van der Waals surface area contributed by atoms with Gasteiger partial charge in [-0.05, 0) is 25.0 Å². The van der Waals surface area contributed by atoms with E-state index in [9.17, 15) is 4.79 Å². The van der Waals surface area contributed by atoms with E-state index in [1.54, 1.807) is 6.07 Å². The molecule has 1 saturated heterocycles. The molecule has 1 N–H and O–H groups in total. The van der Waals surface area contributed by atoms with E-state index in [0.717, 1.165) is 51.4 Å². The molecule has 0 spiro atoms. The number of hydrogen-bond donors (Lipinski definition) is 1. The molecule has 2 heterocycles. The first kappa shape index (κ1) is 20.3. The van der Waals surface area contributed by atoms with Gasteiger partial charge < -0.3 is 10.2 Å². The highest BCUT2D eigenvalue weighted by Crippen LogP contribution is 2.13. The predicted octanol–water partition coefficient (Wildman–Crippen LogP) is 3.35. The van der Waals surface area contributed by atoms with E-state index in [1.165, 1.54) is 18.4 Å². The Morgan fingerprint density at radius 2 is 1.82 bits per heavy atom. The van der Waals surface area contributed by atoms with E-state index < -0.39 is 0 Å². The SMILES string of the molecule is CCCCCNc1nc(C)cc(C(=O)N2CCN(Cc3ccccc3)CC2)n1. The van der Waals surface area contributed by atoms with Gasteiger partial charge in [0.15, 0.2) is 0 Å². The largest absolute Gasteiger partial charge is 0.354 e. The van der Waals surface area contributed by atoms with Crippen LogP contribution in [0.4, 0.5) is 5.95 Å². The van der Waals surface area contributed by atoms with Gasteiger partial charge in [-0.25, -0.2) is 9.97 Å². The van der Waals surface area contributed by atoms with Crippen molar-refractivity contribution in [2.75, 3.05) is 38.0 Å². The molecule has 0 bridgehead atoms. The maximum atomic E-state index is 12.9. The number of aryl methyl sites for hydroxylation is 1. The molecule has 1 aromatic heterocycles. The molecule has 1 amide bonds. The van der Waals surface area contributed by atoms with Crippen molar-refractivity contribution >= 4 is 11.9 Å². The molecule has 6 heteroatoms. The zero-order valence-corrected chi connectivity index (χ0v) is 17.0. The van der Waals surface area contributed by atoms with Crippen molar-refractivity contribution in [2.45, 2.75) is 39.7 Å². The fourth-order valence-electron chi connectivity index (χ4n) is 3.45. The number of piperazine rings is 1. The monoisotopic (exact) mass is 381 g/mol. The topological polar surface area (TPSA) is 61.4 Å². The van der Waals surface area contributed by atoms with E-state index >= 15 is 0 Å². The Bertz CT molecular complexity index is 757. The minimum Gasteiger partial charge on any atom is -0.354 e. The highest BCUT2D eigenvalue weighted by molar-refractivity contribution is 5.92. The molecule has 2 aromatic rings. The molecule has 0 saturated carbocycles. The zero-order valence-electron chi connectivity index (χ0n) is 17.0. The number of benzene rings is 1. The summed E-state index contributed by atoms with van der Waals surface area (Å²) < 4.78 is 0. The number of anilines is 1. The summed E-state index contributed by atoms with van der Waals surface area (Å²) >= 11 is 0. The molecule has 28 heavy (non-hydrogen) atoms. The lowest BCUT2D eigenvalue weighted by atomic mass is 10.2. The van der Waals surface area contributed by atoms with E-state index in [4.69, 9.17) is 0 Å². The third-order valence-electron chi connectivity index (χ3n) is 5.05. The number of hydrogen-bond acceptors (Lipinski definition) is 5. The van der Waals surface area contributed by atoms with Gasteiger partial charge in [0, 0.05) is 45.0 Å². The summed E-state index contributed by atoms with van der Waals surface area (Å²) in [5.41, 5.74) is 2.62. The van der Waals surface area contributed by atoms with Gasteiger partial charge in [-0.15, -0.1) is 0 Å². The van der Waals surface area contributed by atoms with Crippen LogP contribution in [0.15, 0.2) is 36.4 Å². The number of nitrogens with zero attached hydrogens (tertiary/aromatic N) is 4. The Morgan fingerprint density at radius 3 is 2.54 bits per heavy atom. The number of amides is 1. The number of rotatable bonds is 8. The van der Waals surface area contributed by atoms with Gasteiger partial charge in [0.05, 0.1) is 0 Å². The fourth-order valence-corrected chi connectivity index (χ4v) is 3.45. The van der Waals surface area contributed by atoms with E-state index in [2.05, 4.69) is 51.4 Å². The maximum Gasteiger partial charge on any atom is 0.272 e. The second-order valence-electron chi connectivity index (χ2n) is 7.41. The van der Waals surface area contributed by atoms with Crippen LogP contribution in [0, 0.1) is 6.92 Å². The summed E-state index contributed by atoms with van der Waals surface area (Å²) in [5.74, 6) is 0.559. The molecule has 6 nitrogen and oxygen atoms in total. The molecule has 0 aliphatic carbocycles. The van der Waals surface area contributed by atoms with Crippen molar-refractivity contribution in [3.63, 3.8) is 0 Å². The van der Waals surface area contributed by atoms with Crippen LogP contribution in [0.5, 0.6) is 0 Å². The van der Waals surface area contributed by atoms with Gasteiger partial charge in [-0.1, -0.05) is 50.1 Å². The summed E-state index contributed by atoms with van der Waals surface area (Å²) in [6, 6.07) is 12.3. The molecule has 0 unspecified atom stereocenters. The van der Waals surface area contributed by atoms with Gasteiger partial charge in [-0.2, -0.15) is 0 Å². The van der Waals surface area contributed by atoms with Crippen molar-refractivity contribution in [1.29, 1.82) is 0 Å². The Labute approximate surface area is 168 Å². The van der Waals surface area contributed by atoms with Crippen LogP contribution in [-0.2, 0) is 6.54 Å². The van der Waals surface area contributed by atoms with Crippen LogP contribution in [0.25, 0.3) is 0 Å². The number of unbranched alkanes of at least 4 members (excludes halogenated alkanes) is 2. The minimum atomic E-state index is 0.00136. The Morgan fingerprint density at radius 1 is 1.07 bits per heavy atom. The van der Waals surface area contributed by atoms with Crippen molar-refractivity contribution in [2.24, 2.45) is 0 Å². The zero-order chi connectivity index (χ0) is 19.8. The van der Waals surface area contributed by atoms with Crippen LogP contribution in [0.2, 0.25) is 0 Å². The van der Waals surface area contributed by atoms with Crippen LogP contribution >= 0.6 is 0 Å². The number of carbonyl (C=O) groups is 1. The van der Waals surface area contributed by atoms with E-state index in [1.807, 2.05) is 17.9 Å². The second kappa shape index (κ2) is 10.2. The molecule has 1 aliphatic heterocycles. The summed E-state index contributed by atoms with van der Waals surface area (Å²) in [4.78, 5) is 26.1. The van der Waals surface area contributed by atoms with Crippen molar-refractivity contribution in [3.05, 3.63) is 53.3 Å². The molecule has 3 rings (SSSR count).